The van der Waals surface area contributed by atoms with Gasteiger partial charge < -0.3 is 24.1 Å². The van der Waals surface area contributed by atoms with E-state index in [2.05, 4.69) is 5.10 Å². The van der Waals surface area contributed by atoms with Crippen LogP contribution >= 0.6 is 0 Å². The van der Waals surface area contributed by atoms with Crippen LogP contribution in [-0.4, -0.2) is 75.8 Å². The number of hydrogen-bond acceptors (Lipinski definition) is 6. The zero-order valence-electron chi connectivity index (χ0n) is 18.0. The van der Waals surface area contributed by atoms with Gasteiger partial charge in [0.15, 0.2) is 0 Å². The molecule has 4 heterocycles. The summed E-state index contributed by atoms with van der Waals surface area (Å²) in [7, 11) is 0. The van der Waals surface area contributed by atoms with Gasteiger partial charge in [0.2, 0.25) is 5.91 Å². The fourth-order valence-corrected chi connectivity index (χ4v) is 4.01. The molecule has 10 heteroatoms. The number of carboxylic acid groups (broad SMARTS) is 1. The number of aromatic nitrogens is 2. The lowest BCUT2D eigenvalue weighted by Gasteiger charge is -2.31. The summed E-state index contributed by atoms with van der Waals surface area (Å²) in [5, 5.41) is 11.3. The summed E-state index contributed by atoms with van der Waals surface area (Å²) in [6.07, 6.45) is 0. The number of nitrogens with zero attached hydrogens (tertiary/aromatic N) is 4. The van der Waals surface area contributed by atoms with Crippen molar-refractivity contribution in [2.24, 2.45) is 5.92 Å². The molecule has 0 saturated carbocycles. The normalized spacial score (nSPS) is 18.5. The van der Waals surface area contributed by atoms with E-state index >= 15 is 0 Å². The molecule has 10 nitrogen and oxygen atoms in total. The molecule has 1 saturated heterocycles. The van der Waals surface area contributed by atoms with Gasteiger partial charge in [-0.15, -0.1) is 0 Å². The summed E-state index contributed by atoms with van der Waals surface area (Å²) in [6, 6.07) is 3.78. The van der Waals surface area contributed by atoms with Crippen molar-refractivity contribution in [1.29, 1.82) is 0 Å². The van der Waals surface area contributed by atoms with Gasteiger partial charge >= 0.3 is 0 Å². The maximum absolute atomic E-state index is 13.2. The maximum Gasteiger partial charge on any atom is 0.290 e. The van der Waals surface area contributed by atoms with Crippen LogP contribution in [0.2, 0.25) is 0 Å². The Bertz CT molecular complexity index is 950. The zero-order chi connectivity index (χ0) is 22.5. The third-order valence-corrected chi connectivity index (χ3v) is 5.40. The molecule has 0 spiro atoms. The molecule has 1 atom stereocenters. The van der Waals surface area contributed by atoms with Gasteiger partial charge in [-0.25, -0.2) is 0 Å². The van der Waals surface area contributed by atoms with Crippen LogP contribution in [-0.2, 0) is 27.4 Å². The van der Waals surface area contributed by atoms with E-state index in [0.717, 1.165) is 11.4 Å². The van der Waals surface area contributed by atoms with E-state index in [1.54, 1.807) is 17.9 Å². The highest BCUT2D eigenvalue weighted by Gasteiger charge is 2.33. The van der Waals surface area contributed by atoms with Crippen LogP contribution in [0.1, 0.15) is 33.3 Å². The molecule has 168 valence electrons. The zero-order valence-corrected chi connectivity index (χ0v) is 18.0. The minimum absolute atomic E-state index is 0.0323. The lowest BCUT2D eigenvalue weighted by atomic mass is 10.1. The van der Waals surface area contributed by atoms with Crippen molar-refractivity contribution in [2.75, 3.05) is 32.8 Å². The minimum Gasteiger partial charge on any atom is -0.483 e. The molecule has 1 fully saturated rings. The van der Waals surface area contributed by atoms with Crippen molar-refractivity contribution in [3.63, 3.8) is 0 Å². The Morgan fingerprint density at radius 2 is 1.90 bits per heavy atom. The standard InChI is InChI=1S/C20H26N4O4.CH2O2/c1-13-8-17-11-22(4-5-24(17)21-13)19(25)16-10-23(6-7-27-12-16)20(26)18-9-14(2)28-15(18)3;2-1-3/h8-9,16H,4-7,10-12H2,1-3H3;1H,(H,2,3). The maximum atomic E-state index is 13.2. The van der Waals surface area contributed by atoms with E-state index in [1.807, 2.05) is 29.5 Å². The summed E-state index contributed by atoms with van der Waals surface area (Å²) in [5.41, 5.74) is 2.57. The Labute approximate surface area is 180 Å². The SMILES string of the molecule is Cc1cc2n(n1)CCN(C(=O)C1COCCN(C(=O)c3cc(C)oc3C)C1)C2.O=CO. The van der Waals surface area contributed by atoms with Gasteiger partial charge in [-0.1, -0.05) is 0 Å². The summed E-state index contributed by atoms with van der Waals surface area (Å²) < 4.78 is 13.1. The fourth-order valence-electron chi connectivity index (χ4n) is 4.01. The molecule has 2 aliphatic heterocycles. The predicted octanol–water partition coefficient (Wildman–Crippen LogP) is 1.23. The third-order valence-electron chi connectivity index (χ3n) is 5.40. The summed E-state index contributed by atoms with van der Waals surface area (Å²) >= 11 is 0. The first kappa shape index (κ1) is 22.5. The second-order valence-electron chi connectivity index (χ2n) is 7.72. The van der Waals surface area contributed by atoms with E-state index in [9.17, 15) is 9.59 Å². The highest BCUT2D eigenvalue weighted by Crippen LogP contribution is 2.21. The Morgan fingerprint density at radius 1 is 1.16 bits per heavy atom. The van der Waals surface area contributed by atoms with Gasteiger partial charge in [0, 0.05) is 19.6 Å². The highest BCUT2D eigenvalue weighted by molar-refractivity contribution is 5.95. The number of fused-ring (bicyclic) bond motifs is 1. The second kappa shape index (κ2) is 9.78. The molecule has 0 bridgehead atoms. The van der Waals surface area contributed by atoms with Crippen LogP contribution in [0.3, 0.4) is 0 Å². The summed E-state index contributed by atoms with van der Waals surface area (Å²) in [6.45, 7) is 8.77. The van der Waals surface area contributed by atoms with Crippen LogP contribution in [0.4, 0.5) is 0 Å². The fraction of sp³-hybridized carbons (Fsp3) is 0.524. The number of furan rings is 1. The Kier molecular flexibility index (Phi) is 7.11. The Balaban J connectivity index is 0.000000858. The number of carbonyl (C=O) groups excluding carboxylic acids is 2. The molecule has 0 aliphatic carbocycles. The first-order valence-electron chi connectivity index (χ1n) is 10.2. The van der Waals surface area contributed by atoms with Crippen molar-refractivity contribution in [1.82, 2.24) is 19.6 Å². The van der Waals surface area contributed by atoms with Crippen molar-refractivity contribution < 1.29 is 28.6 Å². The molecular weight excluding hydrogens is 404 g/mol. The van der Waals surface area contributed by atoms with Crippen molar-refractivity contribution >= 4 is 18.3 Å². The lowest BCUT2D eigenvalue weighted by Crippen LogP contribution is -2.46. The molecule has 2 aliphatic rings. The molecule has 31 heavy (non-hydrogen) atoms. The summed E-state index contributed by atoms with van der Waals surface area (Å²) in [4.78, 5) is 38.1. The first-order valence-corrected chi connectivity index (χ1v) is 10.2. The Hall–Kier alpha value is -3.14. The second-order valence-corrected chi connectivity index (χ2v) is 7.72. The van der Waals surface area contributed by atoms with Crippen LogP contribution in [0.25, 0.3) is 0 Å². The number of rotatable bonds is 2. The number of carbonyl (C=O) groups is 3. The summed E-state index contributed by atoms with van der Waals surface area (Å²) in [5.74, 6) is 0.875. The molecular formula is C21H28N4O6. The number of aryl methyl sites for hydroxylation is 3. The average molecular weight is 432 g/mol. The quantitative estimate of drug-likeness (QED) is 0.709. The van der Waals surface area contributed by atoms with E-state index in [4.69, 9.17) is 19.1 Å². The largest absolute Gasteiger partial charge is 0.483 e. The number of hydrogen-bond donors (Lipinski definition) is 1. The molecule has 2 amide bonds. The van der Waals surface area contributed by atoms with E-state index in [-0.39, 0.29) is 24.2 Å². The monoisotopic (exact) mass is 432 g/mol. The average Bonchev–Trinajstić information content (AvgIpc) is 3.16. The number of ether oxygens (including phenoxy) is 1. The molecule has 0 radical (unpaired) electrons. The molecule has 4 rings (SSSR count). The van der Waals surface area contributed by atoms with Crippen molar-refractivity contribution in [3.05, 3.63) is 40.6 Å². The molecule has 0 aromatic carbocycles. The van der Waals surface area contributed by atoms with Crippen molar-refractivity contribution in [2.45, 2.75) is 33.9 Å². The van der Waals surface area contributed by atoms with Crippen LogP contribution in [0.15, 0.2) is 16.5 Å². The predicted molar refractivity (Wildman–Crippen MR) is 109 cm³/mol. The van der Waals surface area contributed by atoms with Gasteiger partial charge in [-0.3, -0.25) is 19.1 Å². The van der Waals surface area contributed by atoms with E-state index < -0.39 is 0 Å². The smallest absolute Gasteiger partial charge is 0.290 e. The van der Waals surface area contributed by atoms with Gasteiger partial charge in [-0.05, 0) is 32.9 Å². The van der Waals surface area contributed by atoms with Crippen LogP contribution < -0.4 is 0 Å². The molecule has 1 N–H and O–H groups in total. The molecule has 1 unspecified atom stereocenters. The first-order chi connectivity index (χ1) is 14.8. The Morgan fingerprint density at radius 3 is 2.58 bits per heavy atom. The van der Waals surface area contributed by atoms with Gasteiger partial charge in [0.25, 0.3) is 12.4 Å². The molecule has 2 aromatic heterocycles. The lowest BCUT2D eigenvalue weighted by molar-refractivity contribution is -0.138. The minimum atomic E-state index is -0.365. The van der Waals surface area contributed by atoms with Crippen molar-refractivity contribution in [3.8, 4) is 0 Å². The van der Waals surface area contributed by atoms with Gasteiger partial charge in [-0.2, -0.15) is 5.10 Å². The van der Waals surface area contributed by atoms with Crippen LogP contribution in [0.5, 0.6) is 0 Å². The van der Waals surface area contributed by atoms with Crippen LogP contribution in [0, 0.1) is 26.7 Å². The topological polar surface area (TPSA) is 118 Å². The number of amides is 2. The van der Waals surface area contributed by atoms with E-state index in [0.29, 0.717) is 63.0 Å². The van der Waals surface area contributed by atoms with Gasteiger partial charge in [0.1, 0.15) is 11.5 Å². The third kappa shape index (κ3) is 5.13. The van der Waals surface area contributed by atoms with E-state index in [1.165, 1.54) is 0 Å². The molecule has 2 aromatic rings. The van der Waals surface area contributed by atoms with Gasteiger partial charge in [0.05, 0.1) is 49.2 Å². The highest BCUT2D eigenvalue weighted by atomic mass is 16.5.